The van der Waals surface area contributed by atoms with Crippen LogP contribution in [0.5, 0.6) is 11.5 Å². The van der Waals surface area contributed by atoms with Gasteiger partial charge in [-0.05, 0) is 24.3 Å². The summed E-state index contributed by atoms with van der Waals surface area (Å²) in [5.41, 5.74) is 1.88. The molecular weight excluding hydrogens is 320 g/mol. The van der Waals surface area contributed by atoms with E-state index in [0.717, 1.165) is 5.56 Å². The summed E-state index contributed by atoms with van der Waals surface area (Å²) in [7, 11) is 4.76. The van der Waals surface area contributed by atoms with Gasteiger partial charge >= 0.3 is 0 Å². The summed E-state index contributed by atoms with van der Waals surface area (Å²) >= 11 is 0. The number of carbonyl (C=O) groups is 1. The third-order valence-corrected chi connectivity index (χ3v) is 3.81. The lowest BCUT2D eigenvalue weighted by Gasteiger charge is -2.08. The lowest BCUT2D eigenvalue weighted by atomic mass is 10.1. The second kappa shape index (κ2) is 7.09. The molecule has 2 aromatic carbocycles. The molecule has 0 saturated carbocycles. The largest absolute Gasteiger partial charge is 0.497 e. The quantitative estimate of drug-likeness (QED) is 0.772. The van der Waals surface area contributed by atoms with Gasteiger partial charge in [0.1, 0.15) is 11.5 Å². The third kappa shape index (κ3) is 3.19. The van der Waals surface area contributed by atoms with E-state index in [9.17, 15) is 4.79 Å². The Balaban J connectivity index is 2.04. The minimum absolute atomic E-state index is 0.197. The molecule has 0 aliphatic rings. The Morgan fingerprint density at radius 2 is 1.88 bits per heavy atom. The van der Waals surface area contributed by atoms with Gasteiger partial charge in [0.05, 0.1) is 31.5 Å². The molecule has 1 amide bonds. The molecule has 3 aromatic rings. The van der Waals surface area contributed by atoms with Crippen LogP contribution in [-0.2, 0) is 0 Å². The fraction of sp³-hybridized carbons (Fsp3) is 0.158. The summed E-state index contributed by atoms with van der Waals surface area (Å²) in [5, 5.41) is 2.62. The minimum Gasteiger partial charge on any atom is -0.497 e. The van der Waals surface area contributed by atoms with Crippen LogP contribution in [0.1, 0.15) is 10.4 Å². The first-order valence-electron chi connectivity index (χ1n) is 7.67. The zero-order chi connectivity index (χ0) is 17.8. The zero-order valence-corrected chi connectivity index (χ0v) is 14.2. The molecule has 1 N–H and O–H groups in total. The van der Waals surface area contributed by atoms with Crippen molar-refractivity contribution in [2.75, 3.05) is 21.3 Å². The van der Waals surface area contributed by atoms with E-state index in [0.29, 0.717) is 34.3 Å². The van der Waals surface area contributed by atoms with E-state index >= 15 is 0 Å². The Hall–Kier alpha value is -3.28. The molecule has 0 aliphatic heterocycles. The van der Waals surface area contributed by atoms with Gasteiger partial charge in [-0.1, -0.05) is 12.1 Å². The normalized spacial score (nSPS) is 10.4. The van der Waals surface area contributed by atoms with Gasteiger partial charge < -0.3 is 19.2 Å². The molecule has 6 nitrogen and oxygen atoms in total. The second-order valence-corrected chi connectivity index (χ2v) is 5.22. The monoisotopic (exact) mass is 338 g/mol. The fourth-order valence-corrected chi connectivity index (χ4v) is 2.53. The summed E-state index contributed by atoms with van der Waals surface area (Å²) in [6.45, 7) is 0. The number of ether oxygens (including phenoxy) is 2. The van der Waals surface area contributed by atoms with Crippen molar-refractivity contribution in [3.05, 3.63) is 54.2 Å². The molecule has 0 radical (unpaired) electrons. The van der Waals surface area contributed by atoms with Gasteiger partial charge in [0.2, 0.25) is 5.89 Å². The van der Waals surface area contributed by atoms with Crippen LogP contribution in [-0.4, -0.2) is 32.2 Å². The lowest BCUT2D eigenvalue weighted by Crippen LogP contribution is -2.18. The van der Waals surface area contributed by atoms with Crippen LogP contribution in [0.2, 0.25) is 0 Å². The SMILES string of the molecule is CNC(=O)c1ccccc1-c1ncc(-c2ccc(OC)cc2OC)o1. The maximum absolute atomic E-state index is 12.0. The number of benzene rings is 2. The van der Waals surface area contributed by atoms with Gasteiger partial charge in [-0.3, -0.25) is 4.79 Å². The molecular formula is C19H18N2O4. The number of oxazole rings is 1. The van der Waals surface area contributed by atoms with Crippen LogP contribution in [0, 0.1) is 0 Å². The van der Waals surface area contributed by atoms with Crippen LogP contribution in [0.25, 0.3) is 22.8 Å². The highest BCUT2D eigenvalue weighted by molar-refractivity contribution is 5.99. The van der Waals surface area contributed by atoms with Crippen LogP contribution in [0.3, 0.4) is 0 Å². The molecule has 6 heteroatoms. The van der Waals surface area contributed by atoms with Crippen molar-refractivity contribution < 1.29 is 18.7 Å². The van der Waals surface area contributed by atoms with E-state index < -0.39 is 0 Å². The number of amides is 1. The predicted molar refractivity (Wildman–Crippen MR) is 93.9 cm³/mol. The van der Waals surface area contributed by atoms with Gasteiger partial charge in [-0.15, -0.1) is 0 Å². The number of methoxy groups -OCH3 is 2. The molecule has 0 saturated heterocycles. The summed E-state index contributed by atoms with van der Waals surface area (Å²) < 4.78 is 16.5. The maximum Gasteiger partial charge on any atom is 0.251 e. The van der Waals surface area contributed by atoms with E-state index in [1.54, 1.807) is 51.7 Å². The first-order chi connectivity index (χ1) is 12.2. The number of nitrogens with one attached hydrogen (secondary N) is 1. The van der Waals surface area contributed by atoms with Crippen LogP contribution < -0.4 is 14.8 Å². The number of aromatic nitrogens is 1. The van der Waals surface area contributed by atoms with E-state index in [2.05, 4.69) is 10.3 Å². The molecule has 0 unspecified atom stereocenters. The number of rotatable bonds is 5. The van der Waals surface area contributed by atoms with Crippen molar-refractivity contribution in [1.29, 1.82) is 0 Å². The molecule has 128 valence electrons. The summed E-state index contributed by atoms with van der Waals surface area (Å²) in [4.78, 5) is 16.4. The highest BCUT2D eigenvalue weighted by Crippen LogP contribution is 2.35. The zero-order valence-electron chi connectivity index (χ0n) is 14.2. The fourth-order valence-electron chi connectivity index (χ4n) is 2.53. The molecule has 1 heterocycles. The van der Waals surface area contributed by atoms with Gasteiger partial charge in [0.25, 0.3) is 5.91 Å². The Morgan fingerprint density at radius 3 is 2.60 bits per heavy atom. The Bertz CT molecular complexity index is 902. The smallest absolute Gasteiger partial charge is 0.251 e. The summed E-state index contributed by atoms with van der Waals surface area (Å²) in [6, 6.07) is 12.6. The van der Waals surface area contributed by atoms with E-state index in [1.165, 1.54) is 0 Å². The van der Waals surface area contributed by atoms with Gasteiger partial charge in [-0.2, -0.15) is 0 Å². The summed E-state index contributed by atoms with van der Waals surface area (Å²) in [6.07, 6.45) is 1.61. The Labute approximate surface area is 145 Å². The van der Waals surface area contributed by atoms with Crippen LogP contribution in [0.15, 0.2) is 53.1 Å². The molecule has 3 rings (SSSR count). The molecule has 0 aliphatic carbocycles. The highest BCUT2D eigenvalue weighted by atomic mass is 16.5. The first kappa shape index (κ1) is 16.6. The maximum atomic E-state index is 12.0. The molecule has 0 fully saturated rings. The average molecular weight is 338 g/mol. The predicted octanol–water partition coefficient (Wildman–Crippen LogP) is 3.39. The van der Waals surface area contributed by atoms with Gasteiger partial charge in [0.15, 0.2) is 5.76 Å². The molecule has 0 atom stereocenters. The standard InChI is InChI=1S/C19H18N2O4/c1-20-18(22)13-6-4-5-7-14(13)19-21-11-17(25-19)15-9-8-12(23-2)10-16(15)24-3/h4-11H,1-3H3,(H,20,22). The van der Waals surface area contributed by atoms with Gasteiger partial charge in [-0.25, -0.2) is 4.98 Å². The highest BCUT2D eigenvalue weighted by Gasteiger charge is 2.17. The van der Waals surface area contributed by atoms with Gasteiger partial charge in [0, 0.05) is 18.7 Å². The van der Waals surface area contributed by atoms with Crippen molar-refractivity contribution in [1.82, 2.24) is 10.3 Å². The van der Waals surface area contributed by atoms with Crippen LogP contribution in [0.4, 0.5) is 0 Å². The Kier molecular flexibility index (Phi) is 4.70. The molecule has 0 bridgehead atoms. The first-order valence-corrected chi connectivity index (χ1v) is 7.67. The molecule has 0 spiro atoms. The van der Waals surface area contributed by atoms with E-state index in [4.69, 9.17) is 13.9 Å². The lowest BCUT2D eigenvalue weighted by molar-refractivity contribution is 0.0963. The molecule has 25 heavy (non-hydrogen) atoms. The van der Waals surface area contributed by atoms with Crippen LogP contribution >= 0.6 is 0 Å². The van der Waals surface area contributed by atoms with Crippen molar-refractivity contribution in [2.24, 2.45) is 0 Å². The topological polar surface area (TPSA) is 73.6 Å². The Morgan fingerprint density at radius 1 is 1.08 bits per heavy atom. The average Bonchev–Trinajstić information content (AvgIpc) is 3.16. The second-order valence-electron chi connectivity index (χ2n) is 5.22. The number of hydrogen-bond donors (Lipinski definition) is 1. The third-order valence-electron chi connectivity index (χ3n) is 3.81. The van der Waals surface area contributed by atoms with E-state index in [1.807, 2.05) is 18.2 Å². The summed E-state index contributed by atoms with van der Waals surface area (Å²) in [5.74, 6) is 2.01. The number of carbonyl (C=O) groups excluding carboxylic acids is 1. The minimum atomic E-state index is -0.197. The van der Waals surface area contributed by atoms with Crippen molar-refractivity contribution >= 4 is 5.91 Å². The van der Waals surface area contributed by atoms with Crippen molar-refractivity contribution in [3.8, 4) is 34.3 Å². The number of hydrogen-bond acceptors (Lipinski definition) is 5. The molecule has 1 aromatic heterocycles. The van der Waals surface area contributed by atoms with Crippen molar-refractivity contribution in [3.63, 3.8) is 0 Å². The van der Waals surface area contributed by atoms with E-state index in [-0.39, 0.29) is 5.91 Å². The van der Waals surface area contributed by atoms with Crippen molar-refractivity contribution in [2.45, 2.75) is 0 Å². The number of nitrogens with zero attached hydrogens (tertiary/aromatic N) is 1.